The molecular weight excluding hydrogens is 665 g/mol. The number of allylic oxidation sites excluding steroid dienone is 6. The number of benzene rings is 5. The smallest absolute Gasteiger partial charge is 0.100 e. The topological polar surface area (TPSA) is 190 Å². The molecule has 2 aliphatic rings. The quantitative estimate of drug-likeness (QED) is 0.164. The maximum absolute atomic E-state index is 10.9. The summed E-state index contributed by atoms with van der Waals surface area (Å²) < 4.78 is 0. The van der Waals surface area contributed by atoms with Gasteiger partial charge < -0.3 is 0 Å². The number of nitriles is 8. The van der Waals surface area contributed by atoms with Crippen LogP contribution in [-0.4, -0.2) is 0 Å². The third kappa shape index (κ3) is 5.43. The molecule has 5 aromatic rings. The van der Waals surface area contributed by atoms with Crippen LogP contribution in [0.4, 0.5) is 0 Å². The van der Waals surface area contributed by atoms with Gasteiger partial charge in [0, 0.05) is 22.6 Å². The van der Waals surface area contributed by atoms with Crippen LogP contribution in [0.3, 0.4) is 0 Å². The molecule has 0 spiro atoms. The van der Waals surface area contributed by atoms with Gasteiger partial charge in [-0.25, -0.2) is 0 Å². The lowest BCUT2D eigenvalue weighted by Gasteiger charge is -2.24. The molecule has 2 atom stereocenters. The van der Waals surface area contributed by atoms with Crippen molar-refractivity contribution < 1.29 is 0 Å². The monoisotopic (exact) mass is 684 g/mol. The van der Waals surface area contributed by atoms with Crippen molar-refractivity contribution in [2.75, 3.05) is 0 Å². The van der Waals surface area contributed by atoms with Crippen molar-refractivity contribution >= 4 is 33.4 Å². The van der Waals surface area contributed by atoms with E-state index in [2.05, 4.69) is 48.6 Å². The first-order valence-electron chi connectivity index (χ1n) is 16.5. The van der Waals surface area contributed by atoms with Gasteiger partial charge in [-0.2, -0.15) is 42.1 Å². The van der Waals surface area contributed by atoms with Gasteiger partial charge >= 0.3 is 0 Å². The summed E-state index contributed by atoms with van der Waals surface area (Å²) in [5.74, 6) is -1.76. The second-order valence-electron chi connectivity index (χ2n) is 12.5. The molecule has 0 radical (unpaired) electrons. The molecule has 244 valence electrons. The lowest BCUT2D eigenvalue weighted by molar-refractivity contribution is 0.773. The zero-order valence-corrected chi connectivity index (χ0v) is 28.1. The summed E-state index contributed by atoms with van der Waals surface area (Å²) in [6.07, 6.45) is 0. The summed E-state index contributed by atoms with van der Waals surface area (Å²) >= 11 is 0. The van der Waals surface area contributed by atoms with Crippen LogP contribution < -0.4 is 0 Å². The fourth-order valence-corrected chi connectivity index (χ4v) is 7.50. The second kappa shape index (κ2) is 13.9. The molecule has 0 saturated heterocycles. The first-order chi connectivity index (χ1) is 26.4. The van der Waals surface area contributed by atoms with Crippen molar-refractivity contribution in [1.29, 1.82) is 42.1 Å². The van der Waals surface area contributed by atoms with E-state index in [1.807, 2.05) is 66.7 Å². The van der Waals surface area contributed by atoms with E-state index in [0.29, 0.717) is 66.8 Å². The van der Waals surface area contributed by atoms with Crippen molar-refractivity contribution in [3.63, 3.8) is 0 Å². The Morgan fingerprint density at radius 3 is 1.54 bits per heavy atom. The van der Waals surface area contributed by atoms with Gasteiger partial charge in [-0.3, -0.25) is 0 Å². The highest BCUT2D eigenvalue weighted by Gasteiger charge is 2.42. The largest absolute Gasteiger partial charge is 0.198 e. The molecule has 2 unspecified atom stereocenters. The van der Waals surface area contributed by atoms with Gasteiger partial charge in [0.05, 0.1) is 75.2 Å². The van der Waals surface area contributed by atoms with Gasteiger partial charge in [0.2, 0.25) is 0 Å². The summed E-state index contributed by atoms with van der Waals surface area (Å²) in [4.78, 5) is 0. The first kappa shape index (κ1) is 33.7. The van der Waals surface area contributed by atoms with Crippen LogP contribution in [0.1, 0.15) is 78.6 Å². The number of rotatable bonds is 5. The van der Waals surface area contributed by atoms with E-state index in [4.69, 9.17) is 0 Å². The summed E-state index contributed by atoms with van der Waals surface area (Å²) in [7, 11) is 0. The number of hydrogen-bond donors (Lipinski definition) is 0. The minimum Gasteiger partial charge on any atom is -0.198 e. The SMILES string of the molecule is N#CC1=C(c2ccccc2)/C(=C(/C#N)c2cc(C#N)cc(C#N)c2)c2cc3c(cc21)C(C#N)=C(c1ccccc1)C3C(C#N)c1cc(C#N)cc(C#N)c1. The molecule has 0 heterocycles. The maximum atomic E-state index is 10.9. The van der Waals surface area contributed by atoms with Crippen molar-refractivity contribution in [3.05, 3.63) is 176 Å². The average Bonchev–Trinajstić information content (AvgIpc) is 3.72. The Morgan fingerprint density at radius 1 is 0.500 bits per heavy atom. The van der Waals surface area contributed by atoms with Gasteiger partial charge in [-0.1, -0.05) is 60.7 Å². The Kier molecular flexibility index (Phi) is 8.66. The lowest BCUT2D eigenvalue weighted by atomic mass is 9.76. The Labute approximate surface area is 311 Å². The predicted molar refractivity (Wildman–Crippen MR) is 199 cm³/mol. The van der Waals surface area contributed by atoms with Crippen LogP contribution in [0.5, 0.6) is 0 Å². The van der Waals surface area contributed by atoms with Gasteiger partial charge in [0.25, 0.3) is 0 Å². The molecule has 8 heteroatoms. The number of nitrogens with zero attached hydrogens (tertiary/aromatic N) is 8. The van der Waals surface area contributed by atoms with Gasteiger partial charge in [-0.15, -0.1) is 0 Å². The third-order valence-corrected chi connectivity index (χ3v) is 9.67. The van der Waals surface area contributed by atoms with E-state index < -0.39 is 11.8 Å². The van der Waals surface area contributed by atoms with Crippen LogP contribution in [0.2, 0.25) is 0 Å². The third-order valence-electron chi connectivity index (χ3n) is 9.67. The summed E-state index contributed by atoms with van der Waals surface area (Å²) in [5.41, 5.74) is 7.04. The van der Waals surface area contributed by atoms with Gasteiger partial charge in [0.1, 0.15) is 18.2 Å². The molecule has 8 nitrogen and oxygen atoms in total. The zero-order chi connectivity index (χ0) is 37.9. The van der Waals surface area contributed by atoms with E-state index in [0.717, 1.165) is 0 Å². The summed E-state index contributed by atoms with van der Waals surface area (Å²) in [6, 6.07) is 48.7. The van der Waals surface area contributed by atoms with E-state index >= 15 is 0 Å². The average molecular weight is 685 g/mol. The summed E-state index contributed by atoms with van der Waals surface area (Å²) in [5, 5.41) is 82.7. The number of hydrogen-bond acceptors (Lipinski definition) is 8. The van der Waals surface area contributed by atoms with Gasteiger partial charge in [0.15, 0.2) is 0 Å². The Balaban J connectivity index is 1.61. The van der Waals surface area contributed by atoms with E-state index in [1.165, 1.54) is 24.3 Å². The fourth-order valence-electron chi connectivity index (χ4n) is 7.50. The minimum absolute atomic E-state index is 0.123. The molecule has 0 amide bonds. The molecular formula is C46H20N8. The minimum atomic E-state index is -0.977. The first-order valence-corrected chi connectivity index (χ1v) is 16.5. The maximum Gasteiger partial charge on any atom is 0.100 e. The Bertz CT molecular complexity index is 2840. The van der Waals surface area contributed by atoms with Crippen molar-refractivity contribution in [3.8, 4) is 48.6 Å². The standard InChI is InChI=1S/C46H20N8/c47-19-27-11-28(20-48)14-33(13-27)39(23-51)45-37-18-38-36(17-35(37)41(25-53)43(45)31-7-3-1-4-8-31)42(26-54)44(32-9-5-2-6-10-32)46(38)40(24-52)34-15-29(21-49)12-30(16-34)22-50/h1-18,39,45H/b46-40-. The molecule has 0 N–H and O–H groups in total. The van der Waals surface area contributed by atoms with Crippen molar-refractivity contribution in [2.45, 2.75) is 11.8 Å². The van der Waals surface area contributed by atoms with Crippen LogP contribution >= 0.6 is 0 Å². The van der Waals surface area contributed by atoms with Gasteiger partial charge in [-0.05, 0) is 93.0 Å². The van der Waals surface area contributed by atoms with Crippen molar-refractivity contribution in [2.24, 2.45) is 0 Å². The molecule has 0 bridgehead atoms. The van der Waals surface area contributed by atoms with Crippen LogP contribution in [0, 0.1) is 90.6 Å². The highest BCUT2D eigenvalue weighted by molar-refractivity contribution is 6.31. The highest BCUT2D eigenvalue weighted by Crippen LogP contribution is 2.57. The second-order valence-corrected chi connectivity index (χ2v) is 12.5. The van der Waals surface area contributed by atoms with Crippen LogP contribution in [0.15, 0.2) is 109 Å². The Hall–Kier alpha value is -8.76. The highest BCUT2D eigenvalue weighted by atomic mass is 14.5. The Morgan fingerprint density at radius 2 is 1.04 bits per heavy atom. The predicted octanol–water partition coefficient (Wildman–Crippen LogP) is 8.89. The molecule has 0 fully saturated rings. The zero-order valence-electron chi connectivity index (χ0n) is 28.1. The molecule has 5 aromatic carbocycles. The van der Waals surface area contributed by atoms with E-state index in [9.17, 15) is 42.1 Å². The van der Waals surface area contributed by atoms with E-state index in [1.54, 1.807) is 18.2 Å². The van der Waals surface area contributed by atoms with Crippen LogP contribution in [-0.2, 0) is 0 Å². The molecule has 0 aliphatic heterocycles. The molecule has 0 aromatic heterocycles. The van der Waals surface area contributed by atoms with Crippen molar-refractivity contribution in [1.82, 2.24) is 0 Å². The lowest BCUT2D eigenvalue weighted by Crippen LogP contribution is -2.11. The molecule has 54 heavy (non-hydrogen) atoms. The van der Waals surface area contributed by atoms with E-state index in [-0.39, 0.29) is 33.4 Å². The molecule has 7 rings (SSSR count). The fraction of sp³-hybridized carbons (Fsp3) is 0.0435. The molecule has 2 aliphatic carbocycles. The summed E-state index contributed by atoms with van der Waals surface area (Å²) in [6.45, 7) is 0. The normalized spacial score (nSPS) is 15.1. The van der Waals surface area contributed by atoms with Crippen LogP contribution in [0.25, 0.3) is 33.4 Å². The number of fused-ring (bicyclic) bond motifs is 2. The molecule has 0 saturated carbocycles.